The zero-order valence-electron chi connectivity index (χ0n) is 14.4. The van der Waals surface area contributed by atoms with E-state index in [1.807, 2.05) is 36.4 Å². The van der Waals surface area contributed by atoms with Gasteiger partial charge in [-0.3, -0.25) is 4.52 Å². The van der Waals surface area contributed by atoms with Gasteiger partial charge < -0.3 is 4.52 Å². The van der Waals surface area contributed by atoms with Gasteiger partial charge >= 0.3 is 7.60 Å². The molecule has 130 valence electrons. The van der Waals surface area contributed by atoms with Gasteiger partial charge in [0.25, 0.3) is 0 Å². The van der Waals surface area contributed by atoms with Crippen molar-refractivity contribution in [3.63, 3.8) is 0 Å². The van der Waals surface area contributed by atoms with Crippen molar-refractivity contribution in [1.29, 1.82) is 0 Å². The van der Waals surface area contributed by atoms with Crippen LogP contribution in [0.25, 0.3) is 0 Å². The molecule has 0 saturated heterocycles. The molecule has 0 spiro atoms. The van der Waals surface area contributed by atoms with Gasteiger partial charge in [-0.15, -0.1) is 0 Å². The Kier molecular flexibility index (Phi) is 8.07. The molecule has 0 bridgehead atoms. The number of para-hydroxylation sites is 1. The first-order valence-electron chi connectivity index (χ1n) is 8.79. The molecule has 3 nitrogen and oxygen atoms in total. The second kappa shape index (κ2) is 10.3. The van der Waals surface area contributed by atoms with E-state index in [-0.39, 0.29) is 0 Å². The molecule has 0 heterocycles. The highest BCUT2D eigenvalue weighted by Gasteiger charge is 2.28. The van der Waals surface area contributed by atoms with Crippen LogP contribution >= 0.6 is 7.60 Å². The summed E-state index contributed by atoms with van der Waals surface area (Å²) in [7, 11) is -3.35. The Morgan fingerprint density at radius 2 is 1.38 bits per heavy atom. The minimum atomic E-state index is -3.35. The summed E-state index contributed by atoms with van der Waals surface area (Å²) in [4.78, 5) is 0. The van der Waals surface area contributed by atoms with Gasteiger partial charge in [-0.2, -0.15) is 0 Å². The molecule has 1 atom stereocenters. The van der Waals surface area contributed by atoms with Crippen LogP contribution in [0.2, 0.25) is 0 Å². The number of hydrogen-bond donors (Lipinski definition) is 0. The Morgan fingerprint density at radius 1 is 0.792 bits per heavy atom. The highest BCUT2D eigenvalue weighted by molar-refractivity contribution is 7.62. The predicted octanol–water partition coefficient (Wildman–Crippen LogP) is 5.96. The lowest BCUT2D eigenvalue weighted by Crippen LogP contribution is -2.13. The van der Waals surface area contributed by atoms with E-state index in [1.165, 1.54) is 25.7 Å². The van der Waals surface area contributed by atoms with Crippen LogP contribution in [0.15, 0.2) is 60.7 Å². The van der Waals surface area contributed by atoms with E-state index in [4.69, 9.17) is 9.05 Å². The SMILES string of the molecule is CCCCCCCCOP(=O)(Oc1ccccc1)c1ccccc1. The number of hydrogen-bond acceptors (Lipinski definition) is 3. The summed E-state index contributed by atoms with van der Waals surface area (Å²) in [6.07, 6.45) is 6.98. The van der Waals surface area contributed by atoms with Crippen LogP contribution < -0.4 is 9.83 Å². The molecule has 0 aliphatic heterocycles. The lowest BCUT2D eigenvalue weighted by molar-refractivity contribution is 0.266. The summed E-state index contributed by atoms with van der Waals surface area (Å²) < 4.78 is 24.8. The van der Waals surface area contributed by atoms with Crippen LogP contribution in [0.5, 0.6) is 5.75 Å². The average molecular weight is 346 g/mol. The second-order valence-electron chi connectivity index (χ2n) is 5.84. The third kappa shape index (κ3) is 6.14. The maximum atomic E-state index is 13.3. The van der Waals surface area contributed by atoms with Crippen molar-refractivity contribution in [2.75, 3.05) is 6.61 Å². The van der Waals surface area contributed by atoms with Crippen molar-refractivity contribution in [3.05, 3.63) is 60.7 Å². The normalized spacial score (nSPS) is 13.4. The van der Waals surface area contributed by atoms with E-state index in [0.29, 0.717) is 17.7 Å². The Balaban J connectivity index is 1.95. The summed E-state index contributed by atoms with van der Waals surface area (Å²) in [5, 5.41) is 0.597. The summed E-state index contributed by atoms with van der Waals surface area (Å²) in [5.74, 6) is 0.563. The van der Waals surface area contributed by atoms with Crippen molar-refractivity contribution in [2.45, 2.75) is 45.4 Å². The molecule has 2 aromatic carbocycles. The van der Waals surface area contributed by atoms with Crippen molar-refractivity contribution in [2.24, 2.45) is 0 Å². The Labute approximate surface area is 145 Å². The molecule has 2 rings (SSSR count). The molecule has 0 aliphatic carbocycles. The van der Waals surface area contributed by atoms with E-state index in [1.54, 1.807) is 24.3 Å². The van der Waals surface area contributed by atoms with Crippen LogP contribution in [0.4, 0.5) is 0 Å². The van der Waals surface area contributed by atoms with Gasteiger partial charge in [-0.25, -0.2) is 4.57 Å². The van der Waals surface area contributed by atoms with E-state index >= 15 is 0 Å². The van der Waals surface area contributed by atoms with E-state index in [9.17, 15) is 4.57 Å². The van der Waals surface area contributed by atoms with Crippen LogP contribution in [0.1, 0.15) is 45.4 Å². The van der Waals surface area contributed by atoms with Gasteiger partial charge in [0.1, 0.15) is 5.75 Å². The third-order valence-electron chi connectivity index (χ3n) is 3.80. The number of unbranched alkanes of at least 4 members (excludes halogenated alkanes) is 5. The highest BCUT2D eigenvalue weighted by Crippen LogP contribution is 2.47. The van der Waals surface area contributed by atoms with Crippen molar-refractivity contribution < 1.29 is 13.6 Å². The molecule has 1 unspecified atom stereocenters. The monoisotopic (exact) mass is 346 g/mol. The van der Waals surface area contributed by atoms with Crippen LogP contribution in [0.3, 0.4) is 0 Å². The number of benzene rings is 2. The fraction of sp³-hybridized carbons (Fsp3) is 0.400. The molecular weight excluding hydrogens is 319 g/mol. The minimum absolute atomic E-state index is 0.450. The Morgan fingerprint density at radius 3 is 2.04 bits per heavy atom. The molecule has 0 aromatic heterocycles. The lowest BCUT2D eigenvalue weighted by Gasteiger charge is -2.19. The molecule has 2 aromatic rings. The largest absolute Gasteiger partial charge is 0.421 e. The smallest absolute Gasteiger partial charge is 0.410 e. The molecule has 0 saturated carbocycles. The zero-order chi connectivity index (χ0) is 17.1. The first-order valence-corrected chi connectivity index (χ1v) is 10.3. The average Bonchev–Trinajstić information content (AvgIpc) is 2.62. The van der Waals surface area contributed by atoms with Gasteiger partial charge in [0.15, 0.2) is 0 Å². The van der Waals surface area contributed by atoms with Crippen LogP contribution in [-0.4, -0.2) is 6.61 Å². The van der Waals surface area contributed by atoms with Gasteiger partial charge in [-0.05, 0) is 30.7 Å². The Hall–Kier alpha value is -1.57. The van der Waals surface area contributed by atoms with Gasteiger partial charge in [0.05, 0.1) is 11.9 Å². The van der Waals surface area contributed by atoms with Crippen molar-refractivity contribution in [1.82, 2.24) is 0 Å². The standard InChI is InChI=1S/C20H27O3P/c1-2-3-4-5-6-13-18-22-24(21,20-16-11-8-12-17-20)23-19-14-9-7-10-15-19/h7-12,14-17H,2-6,13,18H2,1H3. The molecule has 0 amide bonds. The van der Waals surface area contributed by atoms with Crippen LogP contribution in [-0.2, 0) is 9.09 Å². The maximum Gasteiger partial charge on any atom is 0.410 e. The third-order valence-corrected chi connectivity index (χ3v) is 5.70. The van der Waals surface area contributed by atoms with Crippen LogP contribution in [0, 0.1) is 0 Å². The lowest BCUT2D eigenvalue weighted by atomic mass is 10.1. The summed E-state index contributed by atoms with van der Waals surface area (Å²) >= 11 is 0. The minimum Gasteiger partial charge on any atom is -0.421 e. The maximum absolute atomic E-state index is 13.3. The van der Waals surface area contributed by atoms with Crippen molar-refractivity contribution >= 4 is 12.9 Å². The first kappa shape index (κ1) is 18.8. The first-order chi connectivity index (χ1) is 11.7. The summed E-state index contributed by atoms with van der Waals surface area (Å²) in [5.41, 5.74) is 0. The van der Waals surface area contributed by atoms with E-state index in [2.05, 4.69) is 6.92 Å². The fourth-order valence-corrected chi connectivity index (χ4v) is 4.06. The zero-order valence-corrected chi connectivity index (χ0v) is 15.3. The molecule has 0 N–H and O–H groups in total. The molecule has 0 fully saturated rings. The fourth-order valence-electron chi connectivity index (χ4n) is 2.45. The van der Waals surface area contributed by atoms with Gasteiger partial charge in [-0.1, -0.05) is 75.4 Å². The highest BCUT2D eigenvalue weighted by atomic mass is 31.2. The molecular formula is C20H27O3P. The molecule has 4 heteroatoms. The Bertz CT molecular complexity index is 613. The van der Waals surface area contributed by atoms with Gasteiger partial charge in [0, 0.05) is 0 Å². The molecule has 0 aliphatic rings. The predicted molar refractivity (Wildman–Crippen MR) is 100 cm³/mol. The second-order valence-corrected chi connectivity index (χ2v) is 7.79. The number of rotatable bonds is 11. The topological polar surface area (TPSA) is 35.5 Å². The van der Waals surface area contributed by atoms with E-state index in [0.717, 1.165) is 12.8 Å². The summed E-state index contributed by atoms with van der Waals surface area (Å²) in [6, 6.07) is 18.4. The van der Waals surface area contributed by atoms with Crippen molar-refractivity contribution in [3.8, 4) is 5.75 Å². The summed E-state index contributed by atoms with van der Waals surface area (Å²) in [6.45, 7) is 2.66. The van der Waals surface area contributed by atoms with Gasteiger partial charge in [0.2, 0.25) is 0 Å². The quantitative estimate of drug-likeness (QED) is 0.372. The van der Waals surface area contributed by atoms with E-state index < -0.39 is 7.60 Å². The molecule has 24 heavy (non-hydrogen) atoms. The molecule has 0 radical (unpaired) electrons.